The number of hydrogen-bond donors (Lipinski definition) is 0. The van der Waals surface area contributed by atoms with Crippen molar-refractivity contribution in [3.63, 3.8) is 0 Å². The van der Waals surface area contributed by atoms with E-state index < -0.39 is 0 Å². The maximum absolute atomic E-state index is 5.47. The highest BCUT2D eigenvalue weighted by Crippen LogP contribution is 2.21. The van der Waals surface area contributed by atoms with E-state index in [1.54, 1.807) is 0 Å². The zero-order valence-electron chi connectivity index (χ0n) is 14.4. The Hall–Kier alpha value is -0.950. The summed E-state index contributed by atoms with van der Waals surface area (Å²) in [4.78, 5) is 12.3. The van der Waals surface area contributed by atoms with Crippen LogP contribution in [0.5, 0.6) is 0 Å². The van der Waals surface area contributed by atoms with Crippen molar-refractivity contribution in [3.05, 3.63) is 17.7 Å². The van der Waals surface area contributed by atoms with Crippen molar-refractivity contribution in [1.82, 2.24) is 24.3 Å². The smallest absolute Gasteiger partial charge is 0.135 e. The van der Waals surface area contributed by atoms with Gasteiger partial charge < -0.3 is 9.30 Å². The van der Waals surface area contributed by atoms with Crippen LogP contribution in [0.3, 0.4) is 0 Å². The van der Waals surface area contributed by atoms with E-state index >= 15 is 0 Å². The topological polar surface area (TPSA) is 36.8 Å². The minimum Gasteiger partial charge on any atom is -0.372 e. The quantitative estimate of drug-likeness (QED) is 0.813. The van der Waals surface area contributed by atoms with Crippen molar-refractivity contribution in [1.29, 1.82) is 0 Å². The molecule has 0 aliphatic carbocycles. The molecule has 2 fully saturated rings. The molecule has 0 radical (unpaired) electrons. The molecule has 0 atom stereocenters. The van der Waals surface area contributed by atoms with Crippen molar-refractivity contribution in [3.8, 4) is 0 Å². The predicted octanol–water partition coefficient (Wildman–Crippen LogP) is 0.624. The summed E-state index contributed by atoms with van der Waals surface area (Å²) in [7, 11) is 0. The fourth-order valence-electron chi connectivity index (χ4n) is 4.04. The van der Waals surface area contributed by atoms with Crippen molar-refractivity contribution >= 4 is 0 Å². The number of rotatable bonds is 4. The zero-order chi connectivity index (χ0) is 15.8. The molecular formula is C17H29N5O. The molecule has 4 heterocycles. The molecule has 6 nitrogen and oxygen atoms in total. The highest BCUT2D eigenvalue weighted by Gasteiger charge is 2.34. The molecule has 0 N–H and O–H groups in total. The second kappa shape index (κ2) is 6.51. The minimum absolute atomic E-state index is 0.669. The zero-order valence-corrected chi connectivity index (χ0v) is 14.4. The van der Waals surface area contributed by atoms with Crippen LogP contribution in [0.25, 0.3) is 0 Å². The Kier molecular flexibility index (Phi) is 4.41. The molecule has 23 heavy (non-hydrogen) atoms. The summed E-state index contributed by atoms with van der Waals surface area (Å²) in [5, 5.41) is 0. The summed E-state index contributed by atoms with van der Waals surface area (Å²) < 4.78 is 7.81. The predicted molar refractivity (Wildman–Crippen MR) is 89.2 cm³/mol. The monoisotopic (exact) mass is 319 g/mol. The first-order valence-electron chi connectivity index (χ1n) is 9.02. The molecule has 0 saturated carbocycles. The van der Waals surface area contributed by atoms with Crippen LogP contribution in [0.2, 0.25) is 0 Å². The SMILES string of the molecule is CC(C)N1CCN(C2CN(Cc3cnc4n3CCOC4)C2)CC1. The second-order valence-corrected chi connectivity index (χ2v) is 7.38. The molecule has 1 aromatic rings. The molecule has 4 rings (SSSR count). The maximum atomic E-state index is 5.47. The van der Waals surface area contributed by atoms with E-state index in [1.165, 1.54) is 45.0 Å². The standard InChI is InChI=1S/C17H29N5O/c1-14(2)20-3-5-21(6-4-20)16-11-19(12-16)10-15-9-18-17-13-23-8-7-22(15)17/h9,14,16H,3-8,10-13H2,1-2H3. The number of ether oxygens (including phenoxy) is 1. The van der Waals surface area contributed by atoms with E-state index in [4.69, 9.17) is 4.74 Å². The van der Waals surface area contributed by atoms with E-state index in [0.717, 1.165) is 31.6 Å². The number of likely N-dealkylation sites (tertiary alicyclic amines) is 1. The first-order chi connectivity index (χ1) is 11.2. The molecule has 0 amide bonds. The van der Waals surface area contributed by atoms with Crippen LogP contribution >= 0.6 is 0 Å². The van der Waals surface area contributed by atoms with Gasteiger partial charge in [0.25, 0.3) is 0 Å². The van der Waals surface area contributed by atoms with Crippen molar-refractivity contribution in [2.24, 2.45) is 0 Å². The van der Waals surface area contributed by atoms with E-state index in [2.05, 4.69) is 38.1 Å². The minimum atomic E-state index is 0.669. The maximum Gasteiger partial charge on any atom is 0.135 e. The largest absolute Gasteiger partial charge is 0.372 e. The van der Waals surface area contributed by atoms with Gasteiger partial charge in [-0.2, -0.15) is 0 Å². The van der Waals surface area contributed by atoms with Crippen LogP contribution in [0.1, 0.15) is 25.4 Å². The van der Waals surface area contributed by atoms with Gasteiger partial charge in [-0.15, -0.1) is 0 Å². The Morgan fingerprint density at radius 1 is 1.17 bits per heavy atom. The first-order valence-corrected chi connectivity index (χ1v) is 9.02. The normalized spacial score (nSPS) is 24.8. The third-order valence-corrected chi connectivity index (χ3v) is 5.63. The van der Waals surface area contributed by atoms with Gasteiger partial charge in [-0.25, -0.2) is 4.98 Å². The Labute approximate surface area is 139 Å². The average molecular weight is 319 g/mol. The Morgan fingerprint density at radius 3 is 2.70 bits per heavy atom. The van der Waals surface area contributed by atoms with Gasteiger partial charge in [0.1, 0.15) is 12.4 Å². The number of fused-ring (bicyclic) bond motifs is 1. The molecule has 3 aliphatic heterocycles. The lowest BCUT2D eigenvalue weighted by Crippen LogP contribution is -2.63. The molecule has 0 unspecified atom stereocenters. The number of imidazole rings is 1. The van der Waals surface area contributed by atoms with Gasteiger partial charge >= 0.3 is 0 Å². The molecule has 6 heteroatoms. The first kappa shape index (κ1) is 15.6. The highest BCUT2D eigenvalue weighted by atomic mass is 16.5. The average Bonchev–Trinajstić information content (AvgIpc) is 2.94. The Morgan fingerprint density at radius 2 is 1.96 bits per heavy atom. The summed E-state index contributed by atoms with van der Waals surface area (Å²) in [6.07, 6.45) is 2.04. The lowest BCUT2D eigenvalue weighted by Gasteiger charge is -2.48. The Bertz CT molecular complexity index is 529. The number of aromatic nitrogens is 2. The van der Waals surface area contributed by atoms with Gasteiger partial charge in [-0.1, -0.05) is 0 Å². The van der Waals surface area contributed by atoms with Crippen LogP contribution in [0, 0.1) is 0 Å². The Balaban J connectivity index is 1.25. The summed E-state index contributed by atoms with van der Waals surface area (Å²) in [6, 6.07) is 1.45. The van der Waals surface area contributed by atoms with Crippen molar-refractivity contribution in [2.45, 2.75) is 45.6 Å². The fourth-order valence-corrected chi connectivity index (χ4v) is 4.04. The van der Waals surface area contributed by atoms with Crippen LogP contribution in [-0.2, 0) is 24.4 Å². The second-order valence-electron chi connectivity index (χ2n) is 7.38. The van der Waals surface area contributed by atoms with Gasteiger partial charge in [0.05, 0.1) is 12.3 Å². The molecular weight excluding hydrogens is 290 g/mol. The lowest BCUT2D eigenvalue weighted by molar-refractivity contribution is -0.00561. The summed E-state index contributed by atoms with van der Waals surface area (Å²) in [5.41, 5.74) is 1.35. The molecule has 0 aromatic carbocycles. The molecule has 1 aromatic heterocycles. The molecule has 0 spiro atoms. The van der Waals surface area contributed by atoms with E-state index in [0.29, 0.717) is 12.6 Å². The van der Waals surface area contributed by atoms with E-state index in [-0.39, 0.29) is 0 Å². The number of hydrogen-bond acceptors (Lipinski definition) is 5. The number of nitrogens with zero attached hydrogens (tertiary/aromatic N) is 5. The third kappa shape index (κ3) is 3.18. The summed E-state index contributed by atoms with van der Waals surface area (Å²) in [6.45, 7) is 15.4. The van der Waals surface area contributed by atoms with Gasteiger partial charge in [0.2, 0.25) is 0 Å². The summed E-state index contributed by atoms with van der Waals surface area (Å²) >= 11 is 0. The van der Waals surface area contributed by atoms with Crippen molar-refractivity contribution < 1.29 is 4.74 Å². The van der Waals surface area contributed by atoms with Gasteiger partial charge in [0.15, 0.2) is 0 Å². The number of piperazine rings is 1. The fraction of sp³-hybridized carbons (Fsp3) is 0.824. The molecule has 3 aliphatic rings. The van der Waals surface area contributed by atoms with Gasteiger partial charge in [-0.05, 0) is 13.8 Å². The van der Waals surface area contributed by atoms with Gasteiger partial charge in [0, 0.05) is 70.6 Å². The van der Waals surface area contributed by atoms with Crippen LogP contribution in [0.4, 0.5) is 0 Å². The third-order valence-electron chi connectivity index (χ3n) is 5.63. The van der Waals surface area contributed by atoms with Crippen LogP contribution in [-0.4, -0.2) is 82.2 Å². The van der Waals surface area contributed by atoms with E-state index in [1.807, 2.05) is 6.20 Å². The summed E-state index contributed by atoms with van der Waals surface area (Å²) in [5.74, 6) is 1.09. The molecule has 128 valence electrons. The van der Waals surface area contributed by atoms with Crippen LogP contribution < -0.4 is 0 Å². The van der Waals surface area contributed by atoms with Crippen LogP contribution in [0.15, 0.2) is 6.20 Å². The van der Waals surface area contributed by atoms with E-state index in [9.17, 15) is 0 Å². The van der Waals surface area contributed by atoms with Gasteiger partial charge in [-0.3, -0.25) is 14.7 Å². The molecule has 0 bridgehead atoms. The van der Waals surface area contributed by atoms with Crippen molar-refractivity contribution in [2.75, 3.05) is 45.9 Å². The highest BCUT2D eigenvalue weighted by molar-refractivity contribution is 5.07. The molecule has 2 saturated heterocycles. The lowest BCUT2D eigenvalue weighted by atomic mass is 10.1.